The minimum atomic E-state index is -0.542. The van der Waals surface area contributed by atoms with Crippen molar-refractivity contribution in [1.82, 2.24) is 19.9 Å². The summed E-state index contributed by atoms with van der Waals surface area (Å²) in [6, 6.07) is 6.14. The van der Waals surface area contributed by atoms with Gasteiger partial charge in [0, 0.05) is 46.1 Å². The fraction of sp³-hybridized carbons (Fsp3) is 0.432. The largest absolute Gasteiger partial charge is 0.469 e. The number of nitrogens with one attached hydrogen (secondary N) is 2. The van der Waals surface area contributed by atoms with Gasteiger partial charge in [-0.3, -0.25) is 14.6 Å². The Morgan fingerprint density at radius 2 is 1.47 bits per heavy atom. The van der Waals surface area contributed by atoms with Gasteiger partial charge < -0.3 is 24.2 Å². The molecule has 5 rings (SSSR count). The highest BCUT2D eigenvalue weighted by molar-refractivity contribution is 6.03. The number of methoxy groups -OCH3 is 3. The number of fused-ring (bicyclic) bond motifs is 8. The molecule has 0 aliphatic carbocycles. The molecule has 2 aliphatic rings. The molecule has 2 atom stereocenters. The van der Waals surface area contributed by atoms with Crippen molar-refractivity contribution in [3.63, 3.8) is 0 Å². The Bertz CT molecular complexity index is 1960. The Labute approximate surface area is 275 Å². The predicted octanol–water partition coefficient (Wildman–Crippen LogP) is 7.18. The maximum atomic E-state index is 13.4. The second kappa shape index (κ2) is 13.6. The summed E-state index contributed by atoms with van der Waals surface area (Å²) < 4.78 is 15.4. The monoisotopic (exact) mass is 640 g/mol. The number of hydrogen-bond acceptors (Lipinski definition) is 8. The van der Waals surface area contributed by atoms with Crippen LogP contribution in [-0.2, 0) is 36.6 Å². The highest BCUT2D eigenvalue weighted by Crippen LogP contribution is 2.43. The Hall–Kier alpha value is -4.73. The molecule has 0 fully saturated rings. The molecule has 2 N–H and O–H groups in total. The molecule has 8 bridgehead atoms. The summed E-state index contributed by atoms with van der Waals surface area (Å²) in [6.07, 6.45) is 2.06. The first-order valence-electron chi connectivity index (χ1n) is 16.2. The number of hydrogen-bond donors (Lipinski definition) is 2. The molecule has 248 valence electrons. The van der Waals surface area contributed by atoms with E-state index in [4.69, 9.17) is 24.2 Å². The number of ether oxygens (including phenoxy) is 3. The zero-order valence-electron chi connectivity index (χ0n) is 28.8. The number of carbonyl (C=O) groups is 3. The summed E-state index contributed by atoms with van der Waals surface area (Å²) in [4.78, 5) is 56.2. The normalized spacial score (nSPS) is 15.9. The molecule has 0 radical (unpaired) electrons. The molecule has 0 amide bonds. The molecule has 10 heteroatoms. The van der Waals surface area contributed by atoms with Crippen LogP contribution in [0.15, 0.2) is 18.2 Å². The van der Waals surface area contributed by atoms with E-state index in [1.54, 1.807) is 0 Å². The third-order valence-electron chi connectivity index (χ3n) is 9.80. The van der Waals surface area contributed by atoms with Crippen LogP contribution in [0.3, 0.4) is 0 Å². The second-order valence-corrected chi connectivity index (χ2v) is 12.3. The van der Waals surface area contributed by atoms with Crippen LogP contribution in [0.1, 0.15) is 114 Å². The number of rotatable bonds is 8. The first kappa shape index (κ1) is 33.6. The fourth-order valence-corrected chi connectivity index (χ4v) is 7.01. The lowest BCUT2D eigenvalue weighted by Crippen LogP contribution is -2.13. The summed E-state index contributed by atoms with van der Waals surface area (Å²) in [7, 11) is 4.04. The first-order chi connectivity index (χ1) is 22.5. The minimum absolute atomic E-state index is 0.116. The molecular formula is C37H44N4O6. The van der Waals surface area contributed by atoms with Crippen molar-refractivity contribution in [1.29, 1.82) is 0 Å². The molecule has 0 saturated heterocycles. The number of nitrogens with zero attached hydrogens (tertiary/aromatic N) is 2. The molecule has 10 nitrogen and oxygen atoms in total. The Morgan fingerprint density at radius 1 is 0.787 bits per heavy atom. The van der Waals surface area contributed by atoms with Crippen LogP contribution in [0.2, 0.25) is 0 Å². The van der Waals surface area contributed by atoms with Gasteiger partial charge in [-0.2, -0.15) is 0 Å². The molecule has 2 aliphatic heterocycles. The molecule has 0 spiro atoms. The van der Waals surface area contributed by atoms with E-state index in [2.05, 4.69) is 56.7 Å². The molecule has 47 heavy (non-hydrogen) atoms. The van der Waals surface area contributed by atoms with Crippen molar-refractivity contribution in [3.05, 3.63) is 68.8 Å². The lowest BCUT2D eigenvalue weighted by atomic mass is 9.85. The fourth-order valence-electron chi connectivity index (χ4n) is 7.01. The van der Waals surface area contributed by atoms with E-state index < -0.39 is 11.9 Å². The van der Waals surface area contributed by atoms with Crippen LogP contribution in [0, 0.1) is 13.8 Å². The minimum Gasteiger partial charge on any atom is -0.469 e. The molecule has 0 aromatic carbocycles. The number of carbonyl (C=O) groups excluding carboxylic acids is 3. The van der Waals surface area contributed by atoms with Gasteiger partial charge in [0.2, 0.25) is 0 Å². The van der Waals surface area contributed by atoms with E-state index >= 15 is 0 Å². The summed E-state index contributed by atoms with van der Waals surface area (Å²) in [6.45, 7) is 12.4. The van der Waals surface area contributed by atoms with Gasteiger partial charge >= 0.3 is 17.9 Å². The van der Waals surface area contributed by atoms with Crippen LogP contribution in [0.25, 0.3) is 33.2 Å². The number of H-pyrrole nitrogens is 2. The van der Waals surface area contributed by atoms with E-state index in [0.29, 0.717) is 39.8 Å². The van der Waals surface area contributed by atoms with E-state index in [9.17, 15) is 14.4 Å². The van der Waals surface area contributed by atoms with Gasteiger partial charge in [0.05, 0.1) is 55.9 Å². The van der Waals surface area contributed by atoms with E-state index in [0.717, 1.165) is 57.7 Å². The Morgan fingerprint density at radius 3 is 2.11 bits per heavy atom. The third kappa shape index (κ3) is 6.08. The van der Waals surface area contributed by atoms with Crippen LogP contribution < -0.4 is 0 Å². The summed E-state index contributed by atoms with van der Waals surface area (Å²) in [5.41, 5.74) is 12.2. The van der Waals surface area contributed by atoms with Gasteiger partial charge in [0.15, 0.2) is 0 Å². The molecular weight excluding hydrogens is 596 g/mol. The van der Waals surface area contributed by atoms with Crippen molar-refractivity contribution in [2.24, 2.45) is 0 Å². The SMILES string of the molecule is CCC1=C(C)c2cc3[nH]c(cc4nc(c(CC(=O)OC)c5[nH]c(cc1n2)c(C)c5C(=O)OC)[C@@H](CCC(=O)OC)[C@@H]4C)c(C)c3CC. The molecule has 0 unspecified atom stereocenters. The zero-order valence-corrected chi connectivity index (χ0v) is 28.8. The third-order valence-corrected chi connectivity index (χ3v) is 9.80. The van der Waals surface area contributed by atoms with Gasteiger partial charge in [-0.1, -0.05) is 20.8 Å². The average molecular weight is 641 g/mol. The van der Waals surface area contributed by atoms with Gasteiger partial charge in [-0.25, -0.2) is 9.78 Å². The van der Waals surface area contributed by atoms with Gasteiger partial charge in [-0.15, -0.1) is 0 Å². The zero-order chi connectivity index (χ0) is 34.2. The van der Waals surface area contributed by atoms with Crippen molar-refractivity contribution in [3.8, 4) is 0 Å². The summed E-state index contributed by atoms with van der Waals surface area (Å²) in [5.74, 6) is -1.73. The lowest BCUT2D eigenvalue weighted by molar-refractivity contribution is -0.141. The predicted molar refractivity (Wildman–Crippen MR) is 182 cm³/mol. The molecule has 3 aromatic rings. The maximum Gasteiger partial charge on any atom is 0.340 e. The summed E-state index contributed by atoms with van der Waals surface area (Å²) in [5, 5.41) is 0. The van der Waals surface area contributed by atoms with Crippen molar-refractivity contribution in [2.45, 2.75) is 85.5 Å². The van der Waals surface area contributed by atoms with Gasteiger partial charge in [0.1, 0.15) is 0 Å². The highest BCUT2D eigenvalue weighted by atomic mass is 16.5. The highest BCUT2D eigenvalue weighted by Gasteiger charge is 2.34. The van der Waals surface area contributed by atoms with E-state index in [1.807, 2.05) is 13.0 Å². The van der Waals surface area contributed by atoms with Crippen molar-refractivity contribution in [2.75, 3.05) is 21.3 Å². The quantitative estimate of drug-likeness (QED) is 0.195. The molecule has 5 heterocycles. The maximum absolute atomic E-state index is 13.4. The number of esters is 3. The average Bonchev–Trinajstić information content (AvgIpc) is 3.74. The Balaban J connectivity index is 2.02. The molecule has 0 saturated carbocycles. The number of allylic oxidation sites excluding steroid dienone is 2. The van der Waals surface area contributed by atoms with Crippen LogP contribution in [-0.4, -0.2) is 59.2 Å². The standard InChI is InChI=1S/C37H44N4O6/c1-10-22-18(3)26-15-28-20(5)24(12-13-32(42)45-7)35(40-28)25(14-33(43)46-8)36-34(37(44)47-9)21(6)29(41-36)17-31-23(11-2)19(4)27(39-31)16-30(22)38-26/h15-17,20,24,38,41H,10-14H2,1-9H3/t20-,24-/m0/s1. The summed E-state index contributed by atoms with van der Waals surface area (Å²) >= 11 is 0. The topological polar surface area (TPSA) is 136 Å². The Kier molecular flexibility index (Phi) is 9.70. The van der Waals surface area contributed by atoms with Gasteiger partial charge in [0.25, 0.3) is 0 Å². The smallest absolute Gasteiger partial charge is 0.340 e. The van der Waals surface area contributed by atoms with Gasteiger partial charge in [-0.05, 0) is 86.1 Å². The number of aryl methyl sites for hydroxylation is 3. The number of aromatic amines is 2. The van der Waals surface area contributed by atoms with E-state index in [1.165, 1.54) is 26.9 Å². The van der Waals surface area contributed by atoms with Crippen molar-refractivity contribution < 1.29 is 28.6 Å². The molecule has 3 aromatic heterocycles. The van der Waals surface area contributed by atoms with E-state index in [-0.39, 0.29) is 30.6 Å². The van der Waals surface area contributed by atoms with Crippen molar-refractivity contribution >= 4 is 51.1 Å². The van der Waals surface area contributed by atoms with Crippen LogP contribution >= 0.6 is 0 Å². The van der Waals surface area contributed by atoms with Crippen LogP contribution in [0.4, 0.5) is 0 Å². The number of aromatic nitrogens is 4. The first-order valence-corrected chi connectivity index (χ1v) is 16.2. The second-order valence-electron chi connectivity index (χ2n) is 12.3. The lowest BCUT2D eigenvalue weighted by Gasteiger charge is -2.17. The van der Waals surface area contributed by atoms with Crippen LogP contribution in [0.5, 0.6) is 0 Å².